The summed E-state index contributed by atoms with van der Waals surface area (Å²) in [4.78, 5) is 12.7. The lowest BCUT2D eigenvalue weighted by atomic mass is 10.1. The molecule has 0 radical (unpaired) electrons. The van der Waals surface area contributed by atoms with Gasteiger partial charge in [0.1, 0.15) is 5.82 Å². The number of nitrogens with zero attached hydrogens (tertiary/aromatic N) is 1. The first-order valence-electron chi connectivity index (χ1n) is 6.98. The van der Waals surface area contributed by atoms with Crippen LogP contribution in [0.5, 0.6) is 0 Å². The first-order chi connectivity index (χ1) is 9.93. The third-order valence-corrected chi connectivity index (χ3v) is 3.19. The van der Waals surface area contributed by atoms with Crippen molar-refractivity contribution < 1.29 is 19.4 Å². The van der Waals surface area contributed by atoms with Crippen LogP contribution in [-0.4, -0.2) is 40.3 Å². The van der Waals surface area contributed by atoms with Crippen LogP contribution in [0.1, 0.15) is 31.4 Å². The molecule has 1 rings (SSSR count). The molecule has 0 spiro atoms. The Hall–Kier alpha value is -1.72. The Morgan fingerprint density at radius 1 is 1.43 bits per heavy atom. The van der Waals surface area contributed by atoms with Crippen LogP contribution >= 0.6 is 0 Å². The summed E-state index contributed by atoms with van der Waals surface area (Å²) >= 11 is 0. The number of benzene rings is 1. The molecule has 1 aromatic carbocycles. The molecule has 0 aromatic heterocycles. The van der Waals surface area contributed by atoms with Gasteiger partial charge in [-0.1, -0.05) is 6.07 Å². The van der Waals surface area contributed by atoms with E-state index in [4.69, 9.17) is 10.2 Å². The lowest BCUT2D eigenvalue weighted by Crippen LogP contribution is -2.31. The normalized spacial score (nSPS) is 11.7. The summed E-state index contributed by atoms with van der Waals surface area (Å²) in [6.45, 7) is 5.65. The van der Waals surface area contributed by atoms with Crippen molar-refractivity contribution >= 4 is 12.0 Å². The van der Waals surface area contributed by atoms with Gasteiger partial charge >= 0.3 is 5.97 Å². The highest BCUT2D eigenvalue weighted by atomic mass is 19.1. The predicted octanol–water partition coefficient (Wildman–Crippen LogP) is 2.52. The van der Waals surface area contributed by atoms with Gasteiger partial charge in [-0.25, -0.2) is 9.18 Å². The maximum atomic E-state index is 13.6. The molecule has 0 aliphatic carbocycles. The molecule has 0 unspecified atom stereocenters. The van der Waals surface area contributed by atoms with Crippen LogP contribution in [0.2, 0.25) is 0 Å². The Kier molecular flexibility index (Phi) is 7.05. The molecular weight excluding hydrogens is 273 g/mol. The topological polar surface area (TPSA) is 60.8 Å². The average molecular weight is 295 g/mol. The standard InChI is InChI=1S/C16H22FNO3/c1-12(2)18(8-3-9-19)11-13-4-6-15(17)14(10-13)5-7-16(20)21/h4-7,10,12,19H,3,8-9,11H2,1-2H3,(H,20,21). The number of aliphatic hydroxyl groups excluding tert-OH is 1. The van der Waals surface area contributed by atoms with E-state index in [-0.39, 0.29) is 12.2 Å². The zero-order chi connectivity index (χ0) is 15.8. The zero-order valence-corrected chi connectivity index (χ0v) is 12.4. The number of aliphatic carboxylic acids is 1. The second-order valence-corrected chi connectivity index (χ2v) is 5.17. The van der Waals surface area contributed by atoms with E-state index in [0.29, 0.717) is 19.0 Å². The Morgan fingerprint density at radius 2 is 2.14 bits per heavy atom. The van der Waals surface area contributed by atoms with E-state index in [1.165, 1.54) is 12.1 Å². The van der Waals surface area contributed by atoms with E-state index in [1.54, 1.807) is 12.1 Å². The maximum Gasteiger partial charge on any atom is 0.328 e. The lowest BCUT2D eigenvalue weighted by Gasteiger charge is -2.26. The monoisotopic (exact) mass is 295 g/mol. The second kappa shape index (κ2) is 8.54. The fraction of sp³-hybridized carbons (Fsp3) is 0.438. The molecule has 4 nitrogen and oxygen atoms in total. The summed E-state index contributed by atoms with van der Waals surface area (Å²) in [5.41, 5.74) is 1.17. The summed E-state index contributed by atoms with van der Waals surface area (Å²) in [7, 11) is 0. The van der Waals surface area contributed by atoms with Crippen molar-refractivity contribution in [1.82, 2.24) is 4.90 Å². The number of carboxylic acid groups (broad SMARTS) is 1. The Morgan fingerprint density at radius 3 is 2.71 bits per heavy atom. The first kappa shape index (κ1) is 17.3. The van der Waals surface area contributed by atoms with E-state index in [0.717, 1.165) is 18.2 Å². The van der Waals surface area contributed by atoms with Crippen LogP contribution in [-0.2, 0) is 11.3 Å². The predicted molar refractivity (Wildman–Crippen MR) is 80.3 cm³/mol. The van der Waals surface area contributed by atoms with Crippen LogP contribution in [0, 0.1) is 5.82 Å². The number of halogens is 1. The van der Waals surface area contributed by atoms with Crippen molar-refractivity contribution in [3.63, 3.8) is 0 Å². The average Bonchev–Trinajstić information content (AvgIpc) is 2.43. The van der Waals surface area contributed by atoms with Gasteiger partial charge in [-0.05, 0) is 44.0 Å². The lowest BCUT2D eigenvalue weighted by molar-refractivity contribution is -0.131. The number of carbonyl (C=O) groups is 1. The summed E-state index contributed by atoms with van der Waals surface area (Å²) in [6, 6.07) is 5.01. The quantitative estimate of drug-likeness (QED) is 0.723. The number of aliphatic hydroxyl groups is 1. The van der Waals surface area contributed by atoms with Gasteiger partial charge in [0, 0.05) is 37.4 Å². The van der Waals surface area contributed by atoms with Crippen molar-refractivity contribution in [2.24, 2.45) is 0 Å². The molecule has 0 saturated carbocycles. The van der Waals surface area contributed by atoms with Crippen LogP contribution in [0.25, 0.3) is 6.08 Å². The highest BCUT2D eigenvalue weighted by Crippen LogP contribution is 2.15. The summed E-state index contributed by atoms with van der Waals surface area (Å²) in [5.74, 6) is -1.55. The van der Waals surface area contributed by atoms with Crippen LogP contribution in [0.15, 0.2) is 24.3 Å². The second-order valence-electron chi connectivity index (χ2n) is 5.17. The minimum absolute atomic E-state index is 0.138. The van der Waals surface area contributed by atoms with Crippen molar-refractivity contribution in [3.8, 4) is 0 Å². The molecule has 0 aliphatic rings. The van der Waals surface area contributed by atoms with Gasteiger partial charge in [0.2, 0.25) is 0 Å². The number of hydrogen-bond donors (Lipinski definition) is 2. The van der Waals surface area contributed by atoms with Crippen molar-refractivity contribution in [3.05, 3.63) is 41.2 Å². The van der Waals surface area contributed by atoms with Gasteiger partial charge in [0.15, 0.2) is 0 Å². The smallest absolute Gasteiger partial charge is 0.328 e. The van der Waals surface area contributed by atoms with Gasteiger partial charge < -0.3 is 10.2 Å². The molecule has 0 bridgehead atoms. The highest BCUT2D eigenvalue weighted by Gasteiger charge is 2.11. The number of hydrogen-bond acceptors (Lipinski definition) is 3. The largest absolute Gasteiger partial charge is 0.478 e. The van der Waals surface area contributed by atoms with E-state index >= 15 is 0 Å². The fourth-order valence-corrected chi connectivity index (χ4v) is 2.01. The molecule has 1 aromatic rings. The Labute approximate surface area is 124 Å². The van der Waals surface area contributed by atoms with Gasteiger partial charge in [0.05, 0.1) is 0 Å². The number of carboxylic acids is 1. The van der Waals surface area contributed by atoms with Crippen LogP contribution < -0.4 is 0 Å². The first-order valence-corrected chi connectivity index (χ1v) is 6.98. The maximum absolute atomic E-state index is 13.6. The third kappa shape index (κ3) is 6.06. The molecule has 116 valence electrons. The van der Waals surface area contributed by atoms with Crippen LogP contribution in [0.3, 0.4) is 0 Å². The highest BCUT2D eigenvalue weighted by molar-refractivity contribution is 5.85. The molecule has 0 amide bonds. The molecule has 0 saturated heterocycles. The summed E-state index contributed by atoms with van der Waals surface area (Å²) in [6.07, 6.45) is 2.87. The van der Waals surface area contributed by atoms with Gasteiger partial charge in [0.25, 0.3) is 0 Å². The molecular formula is C16H22FNO3. The molecule has 0 aliphatic heterocycles. The summed E-state index contributed by atoms with van der Waals surface area (Å²) < 4.78 is 13.6. The van der Waals surface area contributed by atoms with Crippen molar-refractivity contribution in [1.29, 1.82) is 0 Å². The van der Waals surface area contributed by atoms with E-state index < -0.39 is 11.8 Å². The molecule has 0 atom stereocenters. The molecule has 0 fully saturated rings. The molecule has 21 heavy (non-hydrogen) atoms. The number of rotatable bonds is 8. The minimum Gasteiger partial charge on any atom is -0.478 e. The molecule has 0 heterocycles. The van der Waals surface area contributed by atoms with E-state index in [2.05, 4.69) is 18.7 Å². The van der Waals surface area contributed by atoms with Gasteiger partial charge in [-0.2, -0.15) is 0 Å². The fourth-order valence-electron chi connectivity index (χ4n) is 2.01. The Bertz CT molecular complexity index is 500. The van der Waals surface area contributed by atoms with Crippen molar-refractivity contribution in [2.75, 3.05) is 13.2 Å². The molecule has 2 N–H and O–H groups in total. The summed E-state index contributed by atoms with van der Waals surface area (Å²) in [5, 5.41) is 17.5. The zero-order valence-electron chi connectivity index (χ0n) is 12.4. The van der Waals surface area contributed by atoms with Gasteiger partial charge in [-0.3, -0.25) is 4.90 Å². The van der Waals surface area contributed by atoms with Gasteiger partial charge in [-0.15, -0.1) is 0 Å². The van der Waals surface area contributed by atoms with E-state index in [1.807, 2.05) is 0 Å². The van der Waals surface area contributed by atoms with Crippen molar-refractivity contribution in [2.45, 2.75) is 32.9 Å². The Balaban J connectivity index is 2.87. The van der Waals surface area contributed by atoms with Crippen LogP contribution in [0.4, 0.5) is 4.39 Å². The SMILES string of the molecule is CC(C)N(CCCO)Cc1ccc(F)c(C=CC(=O)O)c1. The minimum atomic E-state index is -1.11. The van der Waals surface area contributed by atoms with E-state index in [9.17, 15) is 9.18 Å². The third-order valence-electron chi connectivity index (χ3n) is 3.19. The molecule has 5 heteroatoms.